The molecule has 0 radical (unpaired) electrons. The van der Waals surface area contributed by atoms with Gasteiger partial charge in [-0.2, -0.15) is 0 Å². The molecule has 0 aromatic carbocycles. The van der Waals surface area contributed by atoms with E-state index in [-0.39, 0.29) is 11.6 Å². The Hall–Kier alpha value is -0.0800. The molecule has 0 spiro atoms. The molecule has 0 rings (SSSR count). The molecule has 68 valence electrons. The molecule has 0 fully saturated rings. The number of aliphatic hydroxyl groups is 1. The topological polar surface area (TPSA) is 23.5 Å². The molecule has 0 bridgehead atoms. The van der Waals surface area contributed by atoms with Crippen molar-refractivity contribution in [1.29, 1.82) is 0 Å². The van der Waals surface area contributed by atoms with E-state index in [1.54, 1.807) is 0 Å². The maximum atomic E-state index is 9.71. The zero-order valence-electron chi connectivity index (χ0n) is 8.39. The first kappa shape index (κ1) is 10.9. The first-order chi connectivity index (χ1) is 4.92. The van der Waals surface area contributed by atoms with Crippen LogP contribution in [-0.4, -0.2) is 35.7 Å². The lowest BCUT2D eigenvalue weighted by Gasteiger charge is -2.37. The smallest absolute Gasteiger partial charge is 0.0718 e. The third kappa shape index (κ3) is 2.80. The van der Waals surface area contributed by atoms with Crippen LogP contribution in [0.3, 0.4) is 0 Å². The lowest BCUT2D eigenvalue weighted by molar-refractivity contribution is 0.0121. The summed E-state index contributed by atoms with van der Waals surface area (Å²) in [5, 5.41) is 9.71. The fraction of sp³-hybridized carbons (Fsp3) is 1.00. The van der Waals surface area contributed by atoms with Crippen LogP contribution in [0.25, 0.3) is 0 Å². The van der Waals surface area contributed by atoms with Gasteiger partial charge in [-0.1, -0.05) is 13.3 Å². The Bertz CT molecular complexity index is 110. The van der Waals surface area contributed by atoms with E-state index in [1.807, 2.05) is 14.1 Å². The van der Waals surface area contributed by atoms with Crippen molar-refractivity contribution in [2.75, 3.05) is 14.1 Å². The Morgan fingerprint density at radius 1 is 1.36 bits per heavy atom. The summed E-state index contributed by atoms with van der Waals surface area (Å²) in [6, 6.07) is 0. The summed E-state index contributed by atoms with van der Waals surface area (Å²) in [5.41, 5.74) is -0.101. The lowest BCUT2D eigenvalue weighted by atomic mass is 9.93. The summed E-state index contributed by atoms with van der Waals surface area (Å²) in [6.07, 6.45) is 1.70. The van der Waals surface area contributed by atoms with E-state index in [9.17, 15) is 5.11 Å². The summed E-state index contributed by atoms with van der Waals surface area (Å²) in [5.74, 6) is 0. The molecule has 0 aliphatic heterocycles. The minimum Gasteiger partial charge on any atom is -0.391 e. The fourth-order valence-corrected chi connectivity index (χ4v) is 0.925. The molecule has 11 heavy (non-hydrogen) atoms. The van der Waals surface area contributed by atoms with Crippen LogP contribution in [-0.2, 0) is 0 Å². The highest BCUT2D eigenvalue weighted by atomic mass is 16.3. The minimum atomic E-state index is -0.220. The second kappa shape index (κ2) is 4.07. The van der Waals surface area contributed by atoms with Gasteiger partial charge < -0.3 is 10.0 Å². The number of likely N-dealkylation sites (N-methyl/N-ethyl adjacent to an activating group) is 1. The van der Waals surface area contributed by atoms with Crippen LogP contribution in [0.4, 0.5) is 0 Å². The van der Waals surface area contributed by atoms with E-state index in [0.717, 1.165) is 12.8 Å². The van der Waals surface area contributed by atoms with E-state index >= 15 is 0 Å². The molecule has 0 aromatic rings. The van der Waals surface area contributed by atoms with Crippen molar-refractivity contribution in [3.05, 3.63) is 0 Å². The molecule has 1 N–H and O–H groups in total. The molecule has 0 aromatic heterocycles. The third-order valence-electron chi connectivity index (χ3n) is 2.53. The molecule has 2 heteroatoms. The maximum absolute atomic E-state index is 9.71. The zero-order valence-corrected chi connectivity index (χ0v) is 8.39. The fourth-order valence-electron chi connectivity index (χ4n) is 0.925. The Morgan fingerprint density at radius 2 is 1.82 bits per heavy atom. The second-order valence-electron chi connectivity index (χ2n) is 3.85. The molecule has 0 aliphatic rings. The summed E-state index contributed by atoms with van der Waals surface area (Å²) in [7, 11) is 4.00. The number of rotatable bonds is 4. The van der Waals surface area contributed by atoms with Gasteiger partial charge in [0.25, 0.3) is 0 Å². The van der Waals surface area contributed by atoms with Crippen molar-refractivity contribution in [2.45, 2.75) is 45.3 Å². The number of hydrogen-bond acceptors (Lipinski definition) is 2. The van der Waals surface area contributed by atoms with E-state index < -0.39 is 0 Å². The van der Waals surface area contributed by atoms with Gasteiger partial charge in [-0.25, -0.2) is 0 Å². The van der Waals surface area contributed by atoms with Gasteiger partial charge in [0.05, 0.1) is 6.10 Å². The van der Waals surface area contributed by atoms with Gasteiger partial charge in [-0.3, -0.25) is 0 Å². The molecule has 1 unspecified atom stereocenters. The van der Waals surface area contributed by atoms with Gasteiger partial charge in [0.15, 0.2) is 0 Å². The summed E-state index contributed by atoms with van der Waals surface area (Å²) >= 11 is 0. The molecule has 1 atom stereocenters. The predicted octanol–water partition coefficient (Wildman–Crippen LogP) is 1.49. The van der Waals surface area contributed by atoms with Crippen molar-refractivity contribution in [1.82, 2.24) is 4.90 Å². The first-order valence-electron chi connectivity index (χ1n) is 4.28. The van der Waals surface area contributed by atoms with Crippen LogP contribution >= 0.6 is 0 Å². The van der Waals surface area contributed by atoms with Gasteiger partial charge in [-0.05, 0) is 34.4 Å². The lowest BCUT2D eigenvalue weighted by Crippen LogP contribution is -2.48. The van der Waals surface area contributed by atoms with E-state index in [2.05, 4.69) is 25.7 Å². The second-order valence-corrected chi connectivity index (χ2v) is 3.85. The Balaban J connectivity index is 4.05. The van der Waals surface area contributed by atoms with Gasteiger partial charge >= 0.3 is 0 Å². The third-order valence-corrected chi connectivity index (χ3v) is 2.53. The highest BCUT2D eigenvalue weighted by molar-refractivity contribution is 4.84. The first-order valence-corrected chi connectivity index (χ1v) is 4.28. The van der Waals surface area contributed by atoms with Crippen molar-refractivity contribution in [3.8, 4) is 0 Å². The van der Waals surface area contributed by atoms with Crippen LogP contribution in [0.5, 0.6) is 0 Å². The largest absolute Gasteiger partial charge is 0.391 e. The zero-order chi connectivity index (χ0) is 9.07. The standard InChI is InChI=1S/C9H21NO/c1-6-7-8(11)9(2,3)10(4)5/h8,11H,6-7H2,1-5H3. The minimum absolute atomic E-state index is 0.101. The molecule has 0 saturated heterocycles. The van der Waals surface area contributed by atoms with Gasteiger partial charge in [-0.15, -0.1) is 0 Å². The van der Waals surface area contributed by atoms with Crippen molar-refractivity contribution in [2.24, 2.45) is 0 Å². The highest BCUT2D eigenvalue weighted by Crippen LogP contribution is 2.18. The molecular weight excluding hydrogens is 138 g/mol. The van der Waals surface area contributed by atoms with Gasteiger partial charge in [0.1, 0.15) is 0 Å². The van der Waals surface area contributed by atoms with Gasteiger partial charge in [0.2, 0.25) is 0 Å². The number of nitrogens with zero attached hydrogens (tertiary/aromatic N) is 1. The van der Waals surface area contributed by atoms with Gasteiger partial charge in [0, 0.05) is 5.54 Å². The van der Waals surface area contributed by atoms with Crippen molar-refractivity contribution >= 4 is 0 Å². The monoisotopic (exact) mass is 159 g/mol. The van der Waals surface area contributed by atoms with Crippen molar-refractivity contribution in [3.63, 3.8) is 0 Å². The normalized spacial score (nSPS) is 15.5. The van der Waals surface area contributed by atoms with Crippen LogP contribution in [0, 0.1) is 0 Å². The quantitative estimate of drug-likeness (QED) is 0.671. The molecular formula is C9H21NO. The van der Waals surface area contributed by atoms with Crippen LogP contribution < -0.4 is 0 Å². The number of aliphatic hydroxyl groups excluding tert-OH is 1. The average Bonchev–Trinajstić information content (AvgIpc) is 1.88. The molecule has 2 nitrogen and oxygen atoms in total. The Labute approximate surface area is 70.2 Å². The van der Waals surface area contributed by atoms with Crippen molar-refractivity contribution < 1.29 is 5.11 Å². The summed E-state index contributed by atoms with van der Waals surface area (Å²) in [4.78, 5) is 2.06. The molecule has 0 aliphatic carbocycles. The Morgan fingerprint density at radius 3 is 2.09 bits per heavy atom. The predicted molar refractivity (Wildman–Crippen MR) is 48.7 cm³/mol. The van der Waals surface area contributed by atoms with E-state index in [4.69, 9.17) is 0 Å². The van der Waals surface area contributed by atoms with E-state index in [0.29, 0.717) is 0 Å². The van der Waals surface area contributed by atoms with Crippen LogP contribution in [0.15, 0.2) is 0 Å². The Kier molecular flexibility index (Phi) is 4.04. The van der Waals surface area contributed by atoms with E-state index in [1.165, 1.54) is 0 Å². The number of hydrogen-bond donors (Lipinski definition) is 1. The van der Waals surface area contributed by atoms with Crippen LogP contribution in [0.2, 0.25) is 0 Å². The summed E-state index contributed by atoms with van der Waals surface area (Å²) < 4.78 is 0. The molecule has 0 saturated carbocycles. The molecule has 0 amide bonds. The van der Waals surface area contributed by atoms with Crippen LogP contribution in [0.1, 0.15) is 33.6 Å². The molecule has 0 heterocycles. The summed E-state index contributed by atoms with van der Waals surface area (Å²) in [6.45, 7) is 6.22. The SMILES string of the molecule is CCCC(O)C(C)(C)N(C)C. The maximum Gasteiger partial charge on any atom is 0.0718 e. The highest BCUT2D eigenvalue weighted by Gasteiger charge is 2.28. The average molecular weight is 159 g/mol.